The van der Waals surface area contributed by atoms with Crippen LogP contribution in [0.2, 0.25) is 0 Å². The van der Waals surface area contributed by atoms with Crippen LogP contribution >= 0.6 is 11.3 Å². The Bertz CT molecular complexity index is 829. The van der Waals surface area contributed by atoms with Crippen LogP contribution in [-0.2, 0) is 6.54 Å². The van der Waals surface area contributed by atoms with Crippen molar-refractivity contribution in [3.05, 3.63) is 45.7 Å². The molecule has 0 amide bonds. The van der Waals surface area contributed by atoms with E-state index in [-0.39, 0.29) is 5.82 Å². The zero-order valence-corrected chi connectivity index (χ0v) is 19.1. The summed E-state index contributed by atoms with van der Waals surface area (Å²) in [6, 6.07) is 7.05. The van der Waals surface area contributed by atoms with Crippen molar-refractivity contribution in [1.29, 1.82) is 0 Å². The highest BCUT2D eigenvalue weighted by atomic mass is 32.1. The number of aliphatic imine (C=N–C) groups is 1. The number of guanidine groups is 1. The quantitative estimate of drug-likeness (QED) is 0.381. The Kier molecular flexibility index (Phi) is 8.45. The predicted octanol–water partition coefficient (Wildman–Crippen LogP) is 3.17. The Morgan fingerprint density at radius 1 is 1.17 bits per heavy atom. The fourth-order valence-electron chi connectivity index (χ4n) is 3.64. The molecule has 2 aromatic rings. The van der Waals surface area contributed by atoms with Crippen molar-refractivity contribution in [3.63, 3.8) is 0 Å². The number of piperazine rings is 1. The van der Waals surface area contributed by atoms with Gasteiger partial charge in [0.25, 0.3) is 0 Å². The number of halogens is 1. The minimum Gasteiger partial charge on any atom is -0.367 e. The molecule has 0 radical (unpaired) electrons. The van der Waals surface area contributed by atoms with E-state index >= 15 is 0 Å². The van der Waals surface area contributed by atoms with Crippen LogP contribution in [0.25, 0.3) is 0 Å². The normalized spacial score (nSPS) is 15.5. The molecule has 1 saturated heterocycles. The first kappa shape index (κ1) is 22.5. The Morgan fingerprint density at radius 2 is 1.93 bits per heavy atom. The van der Waals surface area contributed by atoms with Gasteiger partial charge in [-0.3, -0.25) is 4.90 Å². The van der Waals surface area contributed by atoms with Gasteiger partial charge in [0.15, 0.2) is 5.96 Å². The number of para-hydroxylation sites is 1. The summed E-state index contributed by atoms with van der Waals surface area (Å²) in [7, 11) is 0. The third-order valence-corrected chi connectivity index (χ3v) is 6.29. The van der Waals surface area contributed by atoms with E-state index in [0.717, 1.165) is 74.6 Å². The van der Waals surface area contributed by atoms with Crippen molar-refractivity contribution in [2.45, 2.75) is 33.7 Å². The van der Waals surface area contributed by atoms with Gasteiger partial charge in [0, 0.05) is 44.1 Å². The van der Waals surface area contributed by atoms with E-state index in [1.807, 2.05) is 26.0 Å². The maximum atomic E-state index is 14.0. The number of rotatable bonds is 8. The monoisotopic (exact) mass is 432 g/mol. The van der Waals surface area contributed by atoms with E-state index in [1.54, 1.807) is 17.4 Å². The lowest BCUT2D eigenvalue weighted by molar-refractivity contribution is 0.254. The number of thiazole rings is 1. The van der Waals surface area contributed by atoms with Crippen molar-refractivity contribution in [1.82, 2.24) is 20.5 Å². The Hall–Kier alpha value is -2.19. The van der Waals surface area contributed by atoms with Crippen molar-refractivity contribution < 1.29 is 4.39 Å². The first-order valence-electron chi connectivity index (χ1n) is 10.7. The number of anilines is 1. The van der Waals surface area contributed by atoms with Crippen LogP contribution in [0.15, 0.2) is 29.3 Å². The van der Waals surface area contributed by atoms with Gasteiger partial charge in [0.05, 0.1) is 22.9 Å². The van der Waals surface area contributed by atoms with Crippen LogP contribution in [0, 0.1) is 19.7 Å². The maximum absolute atomic E-state index is 14.0. The minimum absolute atomic E-state index is 0.130. The molecule has 1 aromatic carbocycles. The zero-order valence-electron chi connectivity index (χ0n) is 18.2. The molecular weight excluding hydrogens is 399 g/mol. The van der Waals surface area contributed by atoms with Crippen molar-refractivity contribution in [3.8, 4) is 0 Å². The van der Waals surface area contributed by atoms with Crippen LogP contribution < -0.4 is 15.5 Å². The van der Waals surface area contributed by atoms with Gasteiger partial charge in [-0.1, -0.05) is 12.1 Å². The molecule has 1 fully saturated rings. The van der Waals surface area contributed by atoms with Crippen LogP contribution in [-0.4, -0.2) is 61.7 Å². The molecule has 0 unspecified atom stereocenters. The third kappa shape index (κ3) is 6.40. The van der Waals surface area contributed by atoms with Crippen molar-refractivity contribution in [2.24, 2.45) is 4.99 Å². The number of hydrogen-bond donors (Lipinski definition) is 2. The summed E-state index contributed by atoms with van der Waals surface area (Å²) >= 11 is 1.71. The third-order valence-electron chi connectivity index (χ3n) is 5.23. The molecule has 0 saturated carbocycles. The van der Waals surface area contributed by atoms with Gasteiger partial charge < -0.3 is 15.5 Å². The zero-order chi connectivity index (χ0) is 21.3. The largest absolute Gasteiger partial charge is 0.367 e. The number of aromatic nitrogens is 1. The molecule has 8 heteroatoms. The first-order valence-corrected chi connectivity index (χ1v) is 11.6. The second-order valence-corrected chi connectivity index (χ2v) is 8.78. The first-order chi connectivity index (χ1) is 14.6. The van der Waals surface area contributed by atoms with Crippen LogP contribution in [0.4, 0.5) is 10.1 Å². The number of hydrogen-bond acceptors (Lipinski definition) is 5. The van der Waals surface area contributed by atoms with E-state index in [1.165, 1.54) is 10.9 Å². The van der Waals surface area contributed by atoms with E-state index < -0.39 is 0 Å². The average Bonchev–Trinajstić information content (AvgIpc) is 3.07. The molecule has 1 aliphatic heterocycles. The summed E-state index contributed by atoms with van der Waals surface area (Å²) in [6.45, 7) is 13.2. The SMILES string of the molecule is CCNC(=NCc1sc(C)nc1C)NCCCN1CCN(c2ccccc2F)CC1. The summed E-state index contributed by atoms with van der Waals surface area (Å²) in [5, 5.41) is 7.84. The lowest BCUT2D eigenvalue weighted by Gasteiger charge is -2.36. The van der Waals surface area contributed by atoms with E-state index in [9.17, 15) is 4.39 Å². The summed E-state index contributed by atoms with van der Waals surface area (Å²) in [5.41, 5.74) is 1.79. The summed E-state index contributed by atoms with van der Waals surface area (Å²) < 4.78 is 14.0. The van der Waals surface area contributed by atoms with Gasteiger partial charge >= 0.3 is 0 Å². The maximum Gasteiger partial charge on any atom is 0.191 e. The number of nitrogens with one attached hydrogen (secondary N) is 2. The van der Waals surface area contributed by atoms with Gasteiger partial charge in [-0.15, -0.1) is 11.3 Å². The van der Waals surface area contributed by atoms with Gasteiger partial charge in [0.1, 0.15) is 5.82 Å². The molecule has 164 valence electrons. The fraction of sp³-hybridized carbons (Fsp3) is 0.545. The summed E-state index contributed by atoms with van der Waals surface area (Å²) in [4.78, 5) is 15.0. The lowest BCUT2D eigenvalue weighted by atomic mass is 10.2. The molecule has 0 spiro atoms. The Balaban J connectivity index is 1.38. The highest BCUT2D eigenvalue weighted by Crippen LogP contribution is 2.20. The topological polar surface area (TPSA) is 55.8 Å². The van der Waals surface area contributed by atoms with E-state index in [0.29, 0.717) is 6.54 Å². The lowest BCUT2D eigenvalue weighted by Crippen LogP contribution is -2.47. The molecule has 0 bridgehead atoms. The molecule has 1 aliphatic rings. The molecule has 3 rings (SSSR count). The summed E-state index contributed by atoms with van der Waals surface area (Å²) in [6.07, 6.45) is 1.04. The average molecular weight is 433 g/mol. The Morgan fingerprint density at radius 3 is 2.60 bits per heavy atom. The molecule has 2 N–H and O–H groups in total. The fourth-order valence-corrected chi connectivity index (χ4v) is 4.50. The van der Waals surface area contributed by atoms with Crippen molar-refractivity contribution in [2.75, 3.05) is 50.7 Å². The molecule has 6 nitrogen and oxygen atoms in total. The molecule has 0 atom stereocenters. The highest BCUT2D eigenvalue weighted by Gasteiger charge is 2.18. The van der Waals surface area contributed by atoms with Crippen LogP contribution in [0.3, 0.4) is 0 Å². The molecule has 2 heterocycles. The number of benzene rings is 1. The predicted molar refractivity (Wildman–Crippen MR) is 124 cm³/mol. The Labute approximate surface area is 183 Å². The van der Waals surface area contributed by atoms with Crippen LogP contribution in [0.1, 0.15) is 28.9 Å². The van der Waals surface area contributed by atoms with E-state index in [2.05, 4.69) is 32.3 Å². The number of aryl methyl sites for hydroxylation is 2. The van der Waals surface area contributed by atoms with Gasteiger partial charge in [0.2, 0.25) is 0 Å². The van der Waals surface area contributed by atoms with Gasteiger partial charge in [-0.2, -0.15) is 0 Å². The van der Waals surface area contributed by atoms with Gasteiger partial charge in [-0.25, -0.2) is 14.4 Å². The standard InChI is InChI=1S/C22H33FN6S/c1-4-24-22(26-16-21-17(2)27-18(3)30-21)25-10-7-11-28-12-14-29(15-13-28)20-9-6-5-8-19(20)23/h5-6,8-9H,4,7,10-16H2,1-3H3,(H2,24,25,26). The van der Waals surface area contributed by atoms with Gasteiger partial charge in [-0.05, 0) is 45.9 Å². The second-order valence-electron chi connectivity index (χ2n) is 7.50. The molecule has 0 aliphatic carbocycles. The molecular formula is C22H33FN6S. The highest BCUT2D eigenvalue weighted by molar-refractivity contribution is 7.11. The smallest absolute Gasteiger partial charge is 0.191 e. The second kappa shape index (κ2) is 11.3. The molecule has 30 heavy (non-hydrogen) atoms. The van der Waals surface area contributed by atoms with E-state index in [4.69, 9.17) is 4.99 Å². The molecule has 1 aromatic heterocycles. The number of nitrogens with zero attached hydrogens (tertiary/aromatic N) is 4. The van der Waals surface area contributed by atoms with Crippen molar-refractivity contribution >= 4 is 23.0 Å². The minimum atomic E-state index is -0.130. The van der Waals surface area contributed by atoms with Crippen LogP contribution in [0.5, 0.6) is 0 Å². The summed E-state index contributed by atoms with van der Waals surface area (Å²) in [5.74, 6) is 0.724.